The van der Waals surface area contributed by atoms with Crippen LogP contribution in [0, 0.1) is 5.41 Å². The number of aromatic amines is 1. The lowest BCUT2D eigenvalue weighted by atomic mass is 9.90. The molecule has 0 aliphatic rings. The van der Waals surface area contributed by atoms with Gasteiger partial charge in [0.25, 0.3) is 5.95 Å². The predicted molar refractivity (Wildman–Crippen MR) is 46.7 cm³/mol. The second-order valence-electron chi connectivity index (χ2n) is 3.61. The summed E-state index contributed by atoms with van der Waals surface area (Å²) in [6.07, 6.45) is 1.12. The van der Waals surface area contributed by atoms with Crippen molar-refractivity contribution in [1.82, 2.24) is 20.6 Å². The minimum Gasteiger partial charge on any atom is -0.351 e. The Hall–Kier alpha value is -1.13. The van der Waals surface area contributed by atoms with Crippen molar-refractivity contribution in [2.75, 3.05) is 11.9 Å². The summed E-state index contributed by atoms with van der Waals surface area (Å²) in [6.45, 7) is 7.42. The Kier molecular flexibility index (Phi) is 2.62. The number of nitrogens with zero attached hydrogens (tertiary/aromatic N) is 3. The van der Waals surface area contributed by atoms with E-state index in [1.807, 2.05) is 0 Å². The smallest absolute Gasteiger partial charge is 0.263 e. The molecule has 1 aromatic heterocycles. The first-order valence-corrected chi connectivity index (χ1v) is 4.11. The van der Waals surface area contributed by atoms with Gasteiger partial charge in [-0.05, 0) is 17.0 Å². The van der Waals surface area contributed by atoms with Gasteiger partial charge in [-0.25, -0.2) is 0 Å². The van der Waals surface area contributed by atoms with Gasteiger partial charge in [-0.15, -0.1) is 5.10 Å². The summed E-state index contributed by atoms with van der Waals surface area (Å²) in [5, 5.41) is 16.5. The molecular formula is C7H15N5. The summed E-state index contributed by atoms with van der Waals surface area (Å²) in [7, 11) is 0. The number of anilines is 1. The zero-order valence-corrected chi connectivity index (χ0v) is 7.76. The van der Waals surface area contributed by atoms with Crippen LogP contribution in [0.1, 0.15) is 27.2 Å². The molecule has 1 rings (SSSR count). The van der Waals surface area contributed by atoms with E-state index in [1.165, 1.54) is 0 Å². The third kappa shape index (κ3) is 2.48. The van der Waals surface area contributed by atoms with Gasteiger partial charge in [0.05, 0.1) is 0 Å². The third-order valence-corrected chi connectivity index (χ3v) is 2.03. The van der Waals surface area contributed by atoms with E-state index in [1.54, 1.807) is 0 Å². The molecule has 0 amide bonds. The van der Waals surface area contributed by atoms with Crippen LogP contribution in [0.4, 0.5) is 5.95 Å². The van der Waals surface area contributed by atoms with E-state index in [4.69, 9.17) is 0 Å². The molecule has 0 spiro atoms. The minimum absolute atomic E-state index is 0.278. The summed E-state index contributed by atoms with van der Waals surface area (Å²) in [6, 6.07) is 0. The molecule has 68 valence electrons. The van der Waals surface area contributed by atoms with Crippen LogP contribution in [0.5, 0.6) is 0 Å². The highest BCUT2D eigenvalue weighted by atomic mass is 15.5. The molecule has 2 N–H and O–H groups in total. The fourth-order valence-corrected chi connectivity index (χ4v) is 0.680. The van der Waals surface area contributed by atoms with Gasteiger partial charge in [-0.1, -0.05) is 25.9 Å². The van der Waals surface area contributed by atoms with E-state index in [0.717, 1.165) is 13.0 Å². The second kappa shape index (κ2) is 3.51. The lowest BCUT2D eigenvalue weighted by molar-refractivity contribution is 0.376. The van der Waals surface area contributed by atoms with Crippen LogP contribution in [-0.2, 0) is 0 Å². The lowest BCUT2D eigenvalue weighted by Crippen LogP contribution is -2.22. The molecule has 0 saturated heterocycles. The summed E-state index contributed by atoms with van der Waals surface area (Å²) in [4.78, 5) is 0. The average molecular weight is 169 g/mol. The summed E-state index contributed by atoms with van der Waals surface area (Å²) in [5.74, 6) is 0.566. The average Bonchev–Trinajstić information content (AvgIpc) is 2.53. The van der Waals surface area contributed by atoms with Crippen LogP contribution in [0.2, 0.25) is 0 Å². The Balaban J connectivity index is 2.36. The molecule has 0 aliphatic heterocycles. The molecule has 0 radical (unpaired) electrons. The van der Waals surface area contributed by atoms with Gasteiger partial charge >= 0.3 is 0 Å². The van der Waals surface area contributed by atoms with Crippen molar-refractivity contribution in [3.63, 3.8) is 0 Å². The van der Waals surface area contributed by atoms with Crippen molar-refractivity contribution in [1.29, 1.82) is 0 Å². The molecule has 0 bridgehead atoms. The Labute approximate surface area is 71.9 Å². The molecule has 0 aromatic carbocycles. The molecule has 0 fully saturated rings. The number of hydrogen-bond acceptors (Lipinski definition) is 4. The Morgan fingerprint density at radius 2 is 2.25 bits per heavy atom. The van der Waals surface area contributed by atoms with Crippen molar-refractivity contribution >= 4 is 5.95 Å². The van der Waals surface area contributed by atoms with Crippen LogP contribution < -0.4 is 5.32 Å². The summed E-state index contributed by atoms with van der Waals surface area (Å²) < 4.78 is 0. The van der Waals surface area contributed by atoms with Gasteiger partial charge in [0, 0.05) is 6.54 Å². The molecular weight excluding hydrogens is 154 g/mol. The van der Waals surface area contributed by atoms with Gasteiger partial charge < -0.3 is 5.32 Å². The number of tetrazole rings is 1. The largest absolute Gasteiger partial charge is 0.351 e. The van der Waals surface area contributed by atoms with Gasteiger partial charge in [-0.3, -0.25) is 0 Å². The number of rotatable bonds is 4. The maximum atomic E-state index is 3.80. The maximum absolute atomic E-state index is 3.80. The van der Waals surface area contributed by atoms with E-state index in [-0.39, 0.29) is 5.41 Å². The first-order chi connectivity index (χ1) is 5.64. The molecule has 1 aromatic rings. The van der Waals surface area contributed by atoms with Crippen LogP contribution >= 0.6 is 0 Å². The Morgan fingerprint density at radius 3 is 2.75 bits per heavy atom. The first kappa shape index (κ1) is 8.96. The van der Waals surface area contributed by atoms with Crippen molar-refractivity contribution in [2.24, 2.45) is 5.41 Å². The molecule has 1 heterocycles. The Bertz CT molecular complexity index is 216. The molecule has 0 aliphatic carbocycles. The summed E-state index contributed by atoms with van der Waals surface area (Å²) >= 11 is 0. The third-order valence-electron chi connectivity index (χ3n) is 2.03. The highest BCUT2D eigenvalue weighted by Crippen LogP contribution is 2.18. The molecule has 0 unspecified atom stereocenters. The molecule has 5 heteroatoms. The summed E-state index contributed by atoms with van der Waals surface area (Å²) in [5.41, 5.74) is 0.278. The molecule has 5 nitrogen and oxygen atoms in total. The van der Waals surface area contributed by atoms with Crippen molar-refractivity contribution in [2.45, 2.75) is 27.2 Å². The van der Waals surface area contributed by atoms with E-state index in [0.29, 0.717) is 5.95 Å². The monoisotopic (exact) mass is 169 g/mol. The Morgan fingerprint density at radius 1 is 1.50 bits per heavy atom. The fourth-order valence-electron chi connectivity index (χ4n) is 0.680. The van der Waals surface area contributed by atoms with E-state index in [2.05, 4.69) is 46.7 Å². The van der Waals surface area contributed by atoms with Crippen LogP contribution in [0.15, 0.2) is 0 Å². The van der Waals surface area contributed by atoms with Gasteiger partial charge in [0.2, 0.25) is 0 Å². The molecule has 0 atom stereocenters. The first-order valence-electron chi connectivity index (χ1n) is 4.11. The van der Waals surface area contributed by atoms with Crippen LogP contribution in [0.3, 0.4) is 0 Å². The highest BCUT2D eigenvalue weighted by Gasteiger charge is 2.14. The second-order valence-corrected chi connectivity index (χ2v) is 3.61. The normalized spacial score (nSPS) is 11.6. The van der Waals surface area contributed by atoms with Crippen molar-refractivity contribution < 1.29 is 0 Å². The van der Waals surface area contributed by atoms with Crippen molar-refractivity contribution in [3.8, 4) is 0 Å². The zero-order chi connectivity index (χ0) is 9.03. The lowest BCUT2D eigenvalue weighted by Gasteiger charge is -2.21. The highest BCUT2D eigenvalue weighted by molar-refractivity contribution is 5.19. The van der Waals surface area contributed by atoms with E-state index in [9.17, 15) is 0 Å². The van der Waals surface area contributed by atoms with Gasteiger partial charge in [-0.2, -0.15) is 5.21 Å². The SMILES string of the molecule is CCC(C)(C)CNc1nn[nH]n1. The number of nitrogens with one attached hydrogen (secondary N) is 2. The van der Waals surface area contributed by atoms with Gasteiger partial charge in [0.15, 0.2) is 0 Å². The molecule has 12 heavy (non-hydrogen) atoms. The zero-order valence-electron chi connectivity index (χ0n) is 7.76. The number of aromatic nitrogens is 4. The van der Waals surface area contributed by atoms with Crippen molar-refractivity contribution in [3.05, 3.63) is 0 Å². The fraction of sp³-hybridized carbons (Fsp3) is 0.857. The molecule has 0 saturated carbocycles. The van der Waals surface area contributed by atoms with Gasteiger partial charge in [0.1, 0.15) is 0 Å². The maximum Gasteiger partial charge on any atom is 0.263 e. The predicted octanol–water partition coefficient (Wildman–Crippen LogP) is 1.05. The number of hydrogen-bond donors (Lipinski definition) is 2. The van der Waals surface area contributed by atoms with E-state index < -0.39 is 0 Å². The van der Waals surface area contributed by atoms with Crippen LogP contribution in [0.25, 0.3) is 0 Å². The quantitative estimate of drug-likeness (QED) is 0.707. The number of H-pyrrole nitrogens is 1. The minimum atomic E-state index is 0.278. The topological polar surface area (TPSA) is 66.5 Å². The van der Waals surface area contributed by atoms with Crippen LogP contribution in [-0.4, -0.2) is 27.2 Å². The van der Waals surface area contributed by atoms with E-state index >= 15 is 0 Å². The standard InChI is InChI=1S/C7H15N5/c1-4-7(2,3)5-8-6-9-11-12-10-6/h4-5H2,1-3H3,(H2,8,9,10,11,12).